The standard InChI is InChI=1S/C23H25N3O2.ClH/c1-15-10-22(16(2)26(15)20-6-8-21(28-3)9-7-20)23(27)25-12-17-4-5-18-13-24-14-19(18)11-17;/h4-11,24H,12-14H2,1-3H3,(H,25,27);1H. The number of ether oxygens (including phenoxy) is 1. The van der Waals surface area contributed by atoms with E-state index in [0.29, 0.717) is 12.1 Å². The average molecular weight is 412 g/mol. The van der Waals surface area contributed by atoms with Crippen LogP contribution < -0.4 is 15.4 Å². The molecule has 0 fully saturated rings. The van der Waals surface area contributed by atoms with Crippen LogP contribution in [0.2, 0.25) is 0 Å². The largest absolute Gasteiger partial charge is 0.497 e. The normalized spacial score (nSPS) is 12.2. The van der Waals surface area contributed by atoms with Crippen molar-refractivity contribution < 1.29 is 9.53 Å². The Morgan fingerprint density at radius 1 is 1.07 bits per heavy atom. The summed E-state index contributed by atoms with van der Waals surface area (Å²) in [4.78, 5) is 12.8. The number of fused-ring (bicyclic) bond motifs is 1. The summed E-state index contributed by atoms with van der Waals surface area (Å²) in [6, 6.07) is 16.2. The lowest BCUT2D eigenvalue weighted by Gasteiger charge is -2.11. The van der Waals surface area contributed by atoms with E-state index in [2.05, 4.69) is 33.4 Å². The summed E-state index contributed by atoms with van der Waals surface area (Å²) in [6.07, 6.45) is 0. The second kappa shape index (κ2) is 8.72. The van der Waals surface area contributed by atoms with Gasteiger partial charge in [0.15, 0.2) is 0 Å². The lowest BCUT2D eigenvalue weighted by atomic mass is 10.1. The number of rotatable bonds is 5. The van der Waals surface area contributed by atoms with E-state index in [1.54, 1.807) is 7.11 Å². The molecule has 0 bridgehead atoms. The van der Waals surface area contributed by atoms with Crippen molar-refractivity contribution in [3.8, 4) is 11.4 Å². The van der Waals surface area contributed by atoms with Gasteiger partial charge in [0.05, 0.1) is 12.7 Å². The zero-order valence-corrected chi connectivity index (χ0v) is 17.7. The number of nitrogens with one attached hydrogen (secondary N) is 2. The number of aryl methyl sites for hydroxylation is 1. The Hall–Kier alpha value is -2.76. The lowest BCUT2D eigenvalue weighted by molar-refractivity contribution is 0.0950. The van der Waals surface area contributed by atoms with Crippen LogP contribution in [0.5, 0.6) is 5.75 Å². The zero-order valence-electron chi connectivity index (χ0n) is 16.9. The van der Waals surface area contributed by atoms with Crippen molar-refractivity contribution in [3.63, 3.8) is 0 Å². The SMILES string of the molecule is COc1ccc(-n2c(C)cc(C(=O)NCc3ccc4c(c3)CNC4)c2C)cc1.Cl. The number of methoxy groups -OCH3 is 1. The molecule has 0 saturated carbocycles. The first-order valence-corrected chi connectivity index (χ1v) is 9.50. The maximum atomic E-state index is 12.8. The van der Waals surface area contributed by atoms with Gasteiger partial charge in [-0.3, -0.25) is 4.79 Å². The van der Waals surface area contributed by atoms with Gasteiger partial charge in [-0.25, -0.2) is 0 Å². The Morgan fingerprint density at radius 2 is 1.79 bits per heavy atom. The van der Waals surface area contributed by atoms with E-state index in [-0.39, 0.29) is 18.3 Å². The van der Waals surface area contributed by atoms with Crippen molar-refractivity contribution in [2.24, 2.45) is 0 Å². The second-order valence-corrected chi connectivity index (χ2v) is 7.21. The van der Waals surface area contributed by atoms with Crippen LogP contribution in [-0.4, -0.2) is 17.6 Å². The summed E-state index contributed by atoms with van der Waals surface area (Å²) in [6.45, 7) is 6.35. The number of carbonyl (C=O) groups is 1. The molecule has 0 saturated heterocycles. The molecule has 2 N–H and O–H groups in total. The van der Waals surface area contributed by atoms with Crippen LogP contribution in [0.3, 0.4) is 0 Å². The number of halogens is 1. The lowest BCUT2D eigenvalue weighted by Crippen LogP contribution is -2.23. The second-order valence-electron chi connectivity index (χ2n) is 7.21. The van der Waals surface area contributed by atoms with Gasteiger partial charge in [0.25, 0.3) is 5.91 Å². The van der Waals surface area contributed by atoms with Gasteiger partial charge in [0.1, 0.15) is 5.75 Å². The molecule has 0 atom stereocenters. The first-order valence-electron chi connectivity index (χ1n) is 9.50. The molecule has 0 radical (unpaired) electrons. The van der Waals surface area contributed by atoms with Crippen LogP contribution in [0.15, 0.2) is 48.5 Å². The van der Waals surface area contributed by atoms with Crippen molar-refractivity contribution in [1.82, 2.24) is 15.2 Å². The van der Waals surface area contributed by atoms with E-state index in [1.807, 2.05) is 44.2 Å². The summed E-state index contributed by atoms with van der Waals surface area (Å²) in [7, 11) is 1.65. The van der Waals surface area contributed by atoms with E-state index in [4.69, 9.17) is 4.74 Å². The van der Waals surface area contributed by atoms with E-state index in [0.717, 1.165) is 41.5 Å². The molecule has 1 aliphatic heterocycles. The highest BCUT2D eigenvalue weighted by Crippen LogP contribution is 2.23. The number of carbonyl (C=O) groups excluding carboxylic acids is 1. The fourth-order valence-electron chi connectivity index (χ4n) is 3.86. The molecule has 5 nitrogen and oxygen atoms in total. The fraction of sp³-hybridized carbons (Fsp3) is 0.261. The van der Waals surface area contributed by atoms with Gasteiger partial charge >= 0.3 is 0 Å². The van der Waals surface area contributed by atoms with Crippen molar-refractivity contribution in [2.45, 2.75) is 33.5 Å². The highest BCUT2D eigenvalue weighted by molar-refractivity contribution is 5.95. The molecule has 0 spiro atoms. The molecule has 0 aliphatic carbocycles. The van der Waals surface area contributed by atoms with E-state index in [1.165, 1.54) is 11.1 Å². The van der Waals surface area contributed by atoms with Crippen LogP contribution in [0.1, 0.15) is 38.4 Å². The molecule has 4 rings (SSSR count). The molecular weight excluding hydrogens is 386 g/mol. The summed E-state index contributed by atoms with van der Waals surface area (Å²) in [5.41, 5.74) is 7.47. The molecular formula is C23H26ClN3O2. The average Bonchev–Trinajstić information content (AvgIpc) is 3.29. The number of amides is 1. The predicted octanol–water partition coefficient (Wildman–Crippen LogP) is 4.06. The first-order chi connectivity index (χ1) is 13.6. The molecule has 2 heterocycles. The summed E-state index contributed by atoms with van der Waals surface area (Å²) in [5.74, 6) is 0.764. The Labute approximate surface area is 177 Å². The molecule has 6 heteroatoms. The van der Waals surface area contributed by atoms with Crippen LogP contribution in [0, 0.1) is 13.8 Å². The molecule has 1 amide bonds. The molecule has 29 heavy (non-hydrogen) atoms. The van der Waals surface area contributed by atoms with Crippen molar-refractivity contribution in [3.05, 3.63) is 82.2 Å². The minimum atomic E-state index is -0.0496. The third kappa shape index (κ3) is 4.16. The zero-order chi connectivity index (χ0) is 19.7. The third-order valence-electron chi connectivity index (χ3n) is 5.36. The predicted molar refractivity (Wildman–Crippen MR) is 117 cm³/mol. The summed E-state index contributed by atoms with van der Waals surface area (Å²) >= 11 is 0. The van der Waals surface area contributed by atoms with Gasteiger partial charge in [-0.05, 0) is 60.9 Å². The van der Waals surface area contributed by atoms with Crippen LogP contribution in [0.4, 0.5) is 0 Å². The number of aromatic nitrogens is 1. The van der Waals surface area contributed by atoms with Gasteiger partial charge < -0.3 is 19.9 Å². The Kier molecular flexibility index (Phi) is 6.30. The van der Waals surface area contributed by atoms with Gasteiger partial charge in [0, 0.05) is 36.7 Å². The maximum absolute atomic E-state index is 12.8. The Morgan fingerprint density at radius 3 is 2.52 bits per heavy atom. The smallest absolute Gasteiger partial charge is 0.253 e. The minimum Gasteiger partial charge on any atom is -0.497 e. The summed E-state index contributed by atoms with van der Waals surface area (Å²) in [5, 5.41) is 6.41. The molecule has 2 aromatic carbocycles. The van der Waals surface area contributed by atoms with Gasteiger partial charge in [-0.15, -0.1) is 12.4 Å². The number of hydrogen-bond donors (Lipinski definition) is 2. The minimum absolute atomic E-state index is 0. The van der Waals surface area contributed by atoms with Crippen LogP contribution in [0.25, 0.3) is 5.69 Å². The number of nitrogens with zero attached hydrogens (tertiary/aromatic N) is 1. The third-order valence-corrected chi connectivity index (χ3v) is 5.36. The maximum Gasteiger partial charge on any atom is 0.253 e. The molecule has 0 unspecified atom stereocenters. The topological polar surface area (TPSA) is 55.3 Å². The first kappa shape index (κ1) is 21.0. The number of hydrogen-bond acceptors (Lipinski definition) is 3. The van der Waals surface area contributed by atoms with Crippen molar-refractivity contribution in [1.29, 1.82) is 0 Å². The molecule has 1 aliphatic rings. The van der Waals surface area contributed by atoms with E-state index in [9.17, 15) is 4.79 Å². The van der Waals surface area contributed by atoms with Gasteiger partial charge in [-0.1, -0.05) is 18.2 Å². The van der Waals surface area contributed by atoms with Crippen LogP contribution >= 0.6 is 12.4 Å². The van der Waals surface area contributed by atoms with Gasteiger partial charge in [-0.2, -0.15) is 0 Å². The van der Waals surface area contributed by atoms with Crippen molar-refractivity contribution >= 4 is 18.3 Å². The van der Waals surface area contributed by atoms with Crippen LogP contribution in [-0.2, 0) is 19.6 Å². The quantitative estimate of drug-likeness (QED) is 0.665. The highest BCUT2D eigenvalue weighted by Gasteiger charge is 2.17. The monoisotopic (exact) mass is 411 g/mol. The molecule has 152 valence electrons. The Bertz CT molecular complexity index is 1030. The fourth-order valence-corrected chi connectivity index (χ4v) is 3.86. The van der Waals surface area contributed by atoms with Gasteiger partial charge in [0.2, 0.25) is 0 Å². The number of benzene rings is 2. The Balaban J connectivity index is 0.00000240. The van der Waals surface area contributed by atoms with E-state index < -0.39 is 0 Å². The van der Waals surface area contributed by atoms with Crippen molar-refractivity contribution in [2.75, 3.05) is 7.11 Å². The molecule has 1 aromatic heterocycles. The summed E-state index contributed by atoms with van der Waals surface area (Å²) < 4.78 is 7.33. The molecule has 3 aromatic rings. The highest BCUT2D eigenvalue weighted by atomic mass is 35.5. The van der Waals surface area contributed by atoms with E-state index >= 15 is 0 Å².